The van der Waals surface area contributed by atoms with E-state index in [0.29, 0.717) is 5.92 Å². The van der Waals surface area contributed by atoms with Crippen LogP contribution in [0, 0.1) is 11.3 Å². The lowest BCUT2D eigenvalue weighted by Gasteiger charge is -2.35. The third kappa shape index (κ3) is 2.32. The first-order chi connectivity index (χ1) is 7.37. The van der Waals surface area contributed by atoms with Crippen LogP contribution < -0.4 is 0 Å². The molecule has 0 radical (unpaired) electrons. The molecule has 84 valence electrons. The molecule has 2 aliphatic rings. The Balaban J connectivity index is 2.13. The van der Waals surface area contributed by atoms with E-state index in [9.17, 15) is 4.79 Å². The molecule has 2 rings (SSSR count). The van der Waals surface area contributed by atoms with E-state index in [2.05, 4.69) is 12.2 Å². The molecule has 0 aromatic carbocycles. The summed E-state index contributed by atoms with van der Waals surface area (Å²) in [6, 6.07) is 0. The number of hydrogen-bond donors (Lipinski definition) is 0. The predicted molar refractivity (Wildman–Crippen MR) is 62.7 cm³/mol. The lowest BCUT2D eigenvalue weighted by atomic mass is 9.68. The quantitative estimate of drug-likeness (QED) is 0.380. The van der Waals surface area contributed by atoms with Gasteiger partial charge in [0.15, 0.2) is 0 Å². The minimum atomic E-state index is 0.00736. The Labute approximate surface area is 92.9 Å². The Hall–Kier alpha value is -0.590. The van der Waals surface area contributed by atoms with Crippen molar-refractivity contribution >= 4 is 6.29 Å². The summed E-state index contributed by atoms with van der Waals surface area (Å²) in [5.41, 5.74) is 0.00736. The number of aldehydes is 1. The summed E-state index contributed by atoms with van der Waals surface area (Å²) >= 11 is 0. The highest BCUT2D eigenvalue weighted by Gasteiger charge is 2.37. The van der Waals surface area contributed by atoms with Crippen molar-refractivity contribution in [1.82, 2.24) is 0 Å². The fraction of sp³-hybridized carbons (Fsp3) is 0.786. The van der Waals surface area contributed by atoms with E-state index in [1.54, 1.807) is 0 Å². The van der Waals surface area contributed by atoms with Crippen molar-refractivity contribution in [1.29, 1.82) is 0 Å². The van der Waals surface area contributed by atoms with E-state index in [4.69, 9.17) is 0 Å². The molecule has 0 saturated heterocycles. The van der Waals surface area contributed by atoms with Gasteiger partial charge in [-0.3, -0.25) is 0 Å². The predicted octanol–water partition coefficient (Wildman–Crippen LogP) is 3.88. The average molecular weight is 206 g/mol. The average Bonchev–Trinajstić information content (AvgIpc) is 2.56. The van der Waals surface area contributed by atoms with Gasteiger partial charge in [0.25, 0.3) is 0 Å². The smallest absolute Gasteiger partial charge is 0.126 e. The minimum absolute atomic E-state index is 0.00736. The zero-order valence-electron chi connectivity index (χ0n) is 9.58. The standard InChI is InChI=1S/C14H22O/c15-12-14(10-6-1-2-7-11-14)13-8-4-3-5-9-13/h4,8,12-13H,1-3,5-7,9-11H2. The van der Waals surface area contributed by atoms with Gasteiger partial charge in [-0.25, -0.2) is 0 Å². The highest BCUT2D eigenvalue weighted by Crippen LogP contribution is 2.43. The van der Waals surface area contributed by atoms with Crippen molar-refractivity contribution in [2.45, 2.75) is 57.8 Å². The Kier molecular flexibility index (Phi) is 3.61. The van der Waals surface area contributed by atoms with Crippen LogP contribution >= 0.6 is 0 Å². The summed E-state index contributed by atoms with van der Waals surface area (Å²) in [4.78, 5) is 11.5. The van der Waals surface area contributed by atoms with Crippen molar-refractivity contribution in [3.8, 4) is 0 Å². The van der Waals surface area contributed by atoms with Crippen LogP contribution in [0.25, 0.3) is 0 Å². The molecule has 1 fully saturated rings. The van der Waals surface area contributed by atoms with Gasteiger partial charge in [0.2, 0.25) is 0 Å². The summed E-state index contributed by atoms with van der Waals surface area (Å²) in [6.07, 6.45) is 17.0. The zero-order valence-corrected chi connectivity index (χ0v) is 9.58. The van der Waals surface area contributed by atoms with Crippen molar-refractivity contribution < 1.29 is 4.79 Å². The third-order valence-corrected chi connectivity index (χ3v) is 4.26. The molecular weight excluding hydrogens is 184 g/mol. The van der Waals surface area contributed by atoms with Gasteiger partial charge < -0.3 is 4.79 Å². The van der Waals surface area contributed by atoms with Gasteiger partial charge in [-0.2, -0.15) is 0 Å². The Morgan fingerprint density at radius 2 is 1.80 bits per heavy atom. The first kappa shape index (κ1) is 10.9. The molecule has 15 heavy (non-hydrogen) atoms. The van der Waals surface area contributed by atoms with E-state index < -0.39 is 0 Å². The van der Waals surface area contributed by atoms with Crippen LogP contribution in [-0.4, -0.2) is 6.29 Å². The Morgan fingerprint density at radius 3 is 2.33 bits per heavy atom. The second-order valence-corrected chi connectivity index (χ2v) is 5.23. The number of rotatable bonds is 2. The second kappa shape index (κ2) is 4.96. The largest absolute Gasteiger partial charge is 0.303 e. The number of allylic oxidation sites excluding steroid dienone is 2. The normalized spacial score (nSPS) is 30.8. The number of carbonyl (C=O) groups is 1. The summed E-state index contributed by atoms with van der Waals surface area (Å²) < 4.78 is 0. The molecule has 1 atom stereocenters. The van der Waals surface area contributed by atoms with Gasteiger partial charge in [-0.1, -0.05) is 37.8 Å². The van der Waals surface area contributed by atoms with E-state index in [-0.39, 0.29) is 5.41 Å². The van der Waals surface area contributed by atoms with Crippen molar-refractivity contribution in [2.75, 3.05) is 0 Å². The molecule has 0 N–H and O–H groups in total. The molecule has 0 heterocycles. The molecule has 2 aliphatic carbocycles. The van der Waals surface area contributed by atoms with Crippen molar-refractivity contribution in [3.63, 3.8) is 0 Å². The molecule has 0 aromatic heterocycles. The fourth-order valence-electron chi connectivity index (χ4n) is 3.25. The molecule has 0 bridgehead atoms. The van der Waals surface area contributed by atoms with Gasteiger partial charge in [-0.15, -0.1) is 0 Å². The van der Waals surface area contributed by atoms with Crippen LogP contribution in [0.1, 0.15) is 57.8 Å². The lowest BCUT2D eigenvalue weighted by Crippen LogP contribution is -2.31. The molecule has 0 spiro atoms. The molecule has 0 amide bonds. The lowest BCUT2D eigenvalue weighted by molar-refractivity contribution is -0.119. The van der Waals surface area contributed by atoms with Crippen LogP contribution in [0.5, 0.6) is 0 Å². The second-order valence-electron chi connectivity index (χ2n) is 5.23. The van der Waals surface area contributed by atoms with E-state index in [1.807, 2.05) is 0 Å². The highest BCUT2D eigenvalue weighted by atomic mass is 16.1. The zero-order chi connectivity index (χ0) is 10.6. The van der Waals surface area contributed by atoms with E-state index in [1.165, 1.54) is 51.2 Å². The molecular formula is C14H22O. The highest BCUT2D eigenvalue weighted by molar-refractivity contribution is 5.60. The Morgan fingerprint density at radius 1 is 1.07 bits per heavy atom. The van der Waals surface area contributed by atoms with Crippen LogP contribution in [0.2, 0.25) is 0 Å². The van der Waals surface area contributed by atoms with Gasteiger partial charge in [0.1, 0.15) is 6.29 Å². The Bertz CT molecular complexity index is 234. The maximum atomic E-state index is 11.5. The van der Waals surface area contributed by atoms with E-state index in [0.717, 1.165) is 12.8 Å². The maximum absolute atomic E-state index is 11.5. The van der Waals surface area contributed by atoms with Gasteiger partial charge >= 0.3 is 0 Å². The summed E-state index contributed by atoms with van der Waals surface area (Å²) in [5.74, 6) is 0.543. The monoisotopic (exact) mass is 206 g/mol. The number of carbonyl (C=O) groups excluding carboxylic acids is 1. The maximum Gasteiger partial charge on any atom is 0.126 e. The van der Waals surface area contributed by atoms with Crippen LogP contribution in [0.4, 0.5) is 0 Å². The summed E-state index contributed by atoms with van der Waals surface area (Å²) in [5, 5.41) is 0. The van der Waals surface area contributed by atoms with Crippen LogP contribution in [0.3, 0.4) is 0 Å². The topological polar surface area (TPSA) is 17.1 Å². The van der Waals surface area contributed by atoms with E-state index >= 15 is 0 Å². The van der Waals surface area contributed by atoms with Gasteiger partial charge in [0.05, 0.1) is 0 Å². The first-order valence-corrected chi connectivity index (χ1v) is 6.50. The summed E-state index contributed by atoms with van der Waals surface area (Å²) in [7, 11) is 0. The SMILES string of the molecule is O=CC1(C2C=CCCC2)CCCCCC1. The van der Waals surface area contributed by atoms with Gasteiger partial charge in [-0.05, 0) is 38.0 Å². The minimum Gasteiger partial charge on any atom is -0.303 e. The molecule has 0 aliphatic heterocycles. The number of hydrogen-bond acceptors (Lipinski definition) is 1. The molecule has 1 saturated carbocycles. The van der Waals surface area contributed by atoms with Crippen molar-refractivity contribution in [2.24, 2.45) is 11.3 Å². The van der Waals surface area contributed by atoms with Crippen LogP contribution in [0.15, 0.2) is 12.2 Å². The fourth-order valence-corrected chi connectivity index (χ4v) is 3.25. The summed E-state index contributed by atoms with van der Waals surface area (Å²) in [6.45, 7) is 0. The van der Waals surface area contributed by atoms with Crippen molar-refractivity contribution in [3.05, 3.63) is 12.2 Å². The molecule has 1 heteroatoms. The molecule has 1 nitrogen and oxygen atoms in total. The first-order valence-electron chi connectivity index (χ1n) is 6.50. The molecule has 0 aromatic rings. The molecule has 1 unspecified atom stereocenters. The van der Waals surface area contributed by atoms with Gasteiger partial charge in [0, 0.05) is 5.41 Å². The van der Waals surface area contributed by atoms with Crippen LogP contribution in [-0.2, 0) is 4.79 Å². The third-order valence-electron chi connectivity index (χ3n) is 4.26.